The molecule has 8 saturated carbocycles. The molecule has 8 bridgehead atoms. The van der Waals surface area contributed by atoms with E-state index in [1.807, 2.05) is 24.3 Å². The number of aryl methyl sites for hydroxylation is 1. The minimum Gasteiger partial charge on any atom is -0.423 e. The summed E-state index contributed by atoms with van der Waals surface area (Å²) < 4.78 is 3.39. The summed E-state index contributed by atoms with van der Waals surface area (Å²) in [6.07, 6.45) is 14.5. The van der Waals surface area contributed by atoms with Crippen LogP contribution in [0.4, 0.5) is 0 Å². The predicted molar refractivity (Wildman–Crippen MR) is 346 cm³/mol. The maximum Gasteiger partial charge on any atom is 0.488 e. The first-order chi connectivity index (χ1) is 39.6. The lowest BCUT2D eigenvalue weighted by molar-refractivity contribution is -0.0399. The van der Waals surface area contributed by atoms with Gasteiger partial charge < -0.3 is 10.0 Å². The van der Waals surface area contributed by atoms with Crippen LogP contribution in [-0.2, 0) is 10.8 Å². The molecule has 9 aromatic carbocycles. The van der Waals surface area contributed by atoms with Crippen LogP contribution in [0.5, 0.6) is 0 Å². The summed E-state index contributed by atoms with van der Waals surface area (Å²) in [6, 6.07) is 76.5. The van der Waals surface area contributed by atoms with Crippen molar-refractivity contribution in [1.82, 2.24) is 0 Å². The fourth-order valence-corrected chi connectivity index (χ4v) is 20.1. The average molecular weight is 1250 g/mol. The molecule has 2 nitrogen and oxygen atoms in total. The third-order valence-electron chi connectivity index (χ3n) is 20.7. The van der Waals surface area contributed by atoms with Crippen molar-refractivity contribution in [2.24, 2.45) is 47.3 Å². The van der Waals surface area contributed by atoms with Gasteiger partial charge >= 0.3 is 7.12 Å². The first-order valence-electron chi connectivity index (χ1n) is 29.8. The Labute approximate surface area is 505 Å². The van der Waals surface area contributed by atoms with Gasteiger partial charge in [-0.05, 0) is 238 Å². The Morgan fingerprint density at radius 3 is 1.09 bits per heavy atom. The van der Waals surface area contributed by atoms with Gasteiger partial charge in [0.25, 0.3) is 0 Å². The SMILES string of the molecule is Brc1cc(-c2ccccc2)cc(-c2cccc3c2-c2ccccc2C32C3CC4CC(C3)CC2C4)c1.Brc1cc(Br)cc(-c2cccc3c2-c2ccccc2C32C3CC4CC(C3)CC2C4)c1.Cc1ccccc1.OB(O)c1ccccc1. The molecule has 0 saturated heterocycles. The Kier molecular flexibility index (Phi) is 14.4. The van der Waals surface area contributed by atoms with Crippen LogP contribution in [0.15, 0.2) is 226 Å². The summed E-state index contributed by atoms with van der Waals surface area (Å²) in [6.45, 7) is 2.08. The summed E-state index contributed by atoms with van der Waals surface area (Å²) in [4.78, 5) is 0. The van der Waals surface area contributed by atoms with E-state index >= 15 is 0 Å². The van der Waals surface area contributed by atoms with E-state index in [4.69, 9.17) is 10.0 Å². The van der Waals surface area contributed by atoms with Gasteiger partial charge in [0, 0.05) is 24.2 Å². The second kappa shape index (κ2) is 21.9. The zero-order valence-electron chi connectivity index (χ0n) is 46.0. The van der Waals surface area contributed by atoms with Gasteiger partial charge in [0.2, 0.25) is 0 Å². The van der Waals surface area contributed by atoms with Crippen molar-refractivity contribution in [2.45, 2.75) is 82.0 Å². The van der Waals surface area contributed by atoms with Gasteiger partial charge in [0.05, 0.1) is 0 Å². The molecule has 2 spiro atoms. The lowest BCUT2D eigenvalue weighted by Crippen LogP contribution is -2.55. The summed E-state index contributed by atoms with van der Waals surface area (Å²) in [5.41, 5.74) is 22.8. The van der Waals surface area contributed by atoms with Crippen LogP contribution in [0.25, 0.3) is 55.6 Å². The highest BCUT2D eigenvalue weighted by Crippen LogP contribution is 2.72. The van der Waals surface area contributed by atoms with Crippen LogP contribution in [0.1, 0.15) is 92.0 Å². The van der Waals surface area contributed by atoms with Crippen LogP contribution >= 0.6 is 47.8 Å². The Hall–Kier alpha value is -5.60. The molecule has 81 heavy (non-hydrogen) atoms. The minimum absolute atomic E-state index is 0.226. The van der Waals surface area contributed by atoms with Crippen molar-refractivity contribution in [3.8, 4) is 55.6 Å². The highest BCUT2D eigenvalue weighted by atomic mass is 79.9. The van der Waals surface area contributed by atoms with E-state index in [9.17, 15) is 0 Å². The van der Waals surface area contributed by atoms with Gasteiger partial charge in [0.15, 0.2) is 0 Å². The Morgan fingerprint density at radius 1 is 0.333 bits per heavy atom. The molecule has 0 aromatic heterocycles. The number of rotatable bonds is 4. The van der Waals surface area contributed by atoms with E-state index in [2.05, 4.69) is 219 Å². The maximum absolute atomic E-state index is 8.58. The quantitative estimate of drug-likeness (QED) is 0.172. The molecule has 19 rings (SSSR count). The molecule has 0 amide bonds. The molecule has 10 aliphatic carbocycles. The molecule has 0 aliphatic heterocycles. The first kappa shape index (κ1) is 53.4. The van der Waals surface area contributed by atoms with Crippen LogP contribution in [0.2, 0.25) is 0 Å². The van der Waals surface area contributed by atoms with Crippen LogP contribution in [0, 0.1) is 54.3 Å². The molecule has 10 aliphatic rings. The Bertz CT molecular complexity index is 3700. The highest BCUT2D eigenvalue weighted by Gasteiger charge is 2.63. The van der Waals surface area contributed by atoms with Gasteiger partial charge in [-0.2, -0.15) is 0 Å². The van der Waals surface area contributed by atoms with Crippen molar-refractivity contribution in [2.75, 3.05) is 0 Å². The largest absolute Gasteiger partial charge is 0.488 e. The van der Waals surface area contributed by atoms with E-state index in [0.717, 1.165) is 60.8 Å². The molecule has 0 unspecified atom stereocenters. The number of benzene rings is 9. The van der Waals surface area contributed by atoms with Crippen molar-refractivity contribution in [1.29, 1.82) is 0 Å². The van der Waals surface area contributed by atoms with Crippen molar-refractivity contribution >= 4 is 60.4 Å². The molecule has 9 aromatic rings. The molecular formula is C75H68BBr3O2. The molecule has 0 heterocycles. The normalized spacial score (nSPS) is 26.5. The van der Waals surface area contributed by atoms with Crippen molar-refractivity contribution in [3.05, 3.63) is 254 Å². The molecule has 0 atom stereocenters. The second-order valence-electron chi connectivity index (χ2n) is 25.1. The predicted octanol–water partition coefficient (Wildman–Crippen LogP) is 19.5. The van der Waals surface area contributed by atoms with E-state index in [1.54, 1.807) is 46.5 Å². The summed E-state index contributed by atoms with van der Waals surface area (Å²) >= 11 is 11.3. The number of hydrogen-bond donors (Lipinski definition) is 2. The summed E-state index contributed by atoms with van der Waals surface area (Å²) in [7, 11) is -1.34. The molecule has 6 heteroatoms. The standard InChI is InChI=1S/C34H29Br.C28H24Br2.C7H8.C6H7BO2/c35-28-19-24(23-7-2-1-3-8-23)18-25(20-28)29-10-6-12-32-33(29)30-9-4-5-11-31(30)34(32)26-14-21-13-22(16-26)17-27(34)15-21;29-21-13-18(14-22(30)15-21)23-5-3-7-26-27(23)24-4-1-2-6-25(24)28(26)19-9-16-8-17(11-19)12-20(28)10-16;1-7-5-3-2-4-6-7;8-7(9)6-4-2-1-3-5-6/h1-12,18-22,26-27H,13-17H2;1-7,13-17,19-20H,8-12H2;2-6H,1H3;1-5,8-9H. The van der Waals surface area contributed by atoms with Crippen LogP contribution in [0.3, 0.4) is 0 Å². The molecule has 8 fully saturated rings. The van der Waals surface area contributed by atoms with E-state index < -0.39 is 7.12 Å². The smallest absolute Gasteiger partial charge is 0.423 e. The van der Waals surface area contributed by atoms with Gasteiger partial charge in [0.1, 0.15) is 0 Å². The molecule has 0 radical (unpaired) electrons. The first-order valence-corrected chi connectivity index (χ1v) is 32.2. The lowest BCUT2D eigenvalue weighted by atomic mass is 9.43. The maximum atomic E-state index is 8.58. The number of fused-ring (bicyclic) bond motifs is 6. The Balaban J connectivity index is 0.000000115. The van der Waals surface area contributed by atoms with E-state index in [-0.39, 0.29) is 10.8 Å². The van der Waals surface area contributed by atoms with Gasteiger partial charge in [-0.15, -0.1) is 0 Å². The third kappa shape index (κ3) is 9.34. The molecule has 404 valence electrons. The van der Waals surface area contributed by atoms with Crippen LogP contribution in [-0.4, -0.2) is 17.2 Å². The van der Waals surface area contributed by atoms with Gasteiger partial charge in [-0.25, -0.2) is 0 Å². The summed E-state index contributed by atoms with van der Waals surface area (Å²) in [5, 5.41) is 17.2. The fourth-order valence-electron chi connectivity index (χ4n) is 18.3. The Morgan fingerprint density at radius 2 is 0.679 bits per heavy atom. The zero-order chi connectivity index (χ0) is 55.0. The monoisotopic (exact) mass is 1250 g/mol. The van der Waals surface area contributed by atoms with Crippen molar-refractivity contribution < 1.29 is 10.0 Å². The van der Waals surface area contributed by atoms with E-state index in [0.29, 0.717) is 5.46 Å². The molecule has 2 N–H and O–H groups in total. The number of halogens is 3. The van der Waals surface area contributed by atoms with Crippen LogP contribution < -0.4 is 5.46 Å². The van der Waals surface area contributed by atoms with E-state index in [1.165, 1.54) is 125 Å². The molecular weight excluding hydrogens is 1180 g/mol. The summed E-state index contributed by atoms with van der Waals surface area (Å²) in [5.74, 6) is 7.16. The highest BCUT2D eigenvalue weighted by molar-refractivity contribution is 9.11. The fraction of sp³-hybridized carbons (Fsp3) is 0.280. The zero-order valence-corrected chi connectivity index (χ0v) is 50.8. The number of hydrogen-bond acceptors (Lipinski definition) is 2. The topological polar surface area (TPSA) is 40.5 Å². The third-order valence-corrected chi connectivity index (χ3v) is 22.1. The van der Waals surface area contributed by atoms with Gasteiger partial charge in [-0.3, -0.25) is 0 Å². The second-order valence-corrected chi connectivity index (χ2v) is 27.8. The van der Waals surface area contributed by atoms with Gasteiger partial charge in [-0.1, -0.05) is 229 Å². The lowest BCUT2D eigenvalue weighted by Gasteiger charge is -2.61. The van der Waals surface area contributed by atoms with Crippen molar-refractivity contribution in [3.63, 3.8) is 0 Å². The minimum atomic E-state index is -1.34. The average Bonchev–Trinajstić information content (AvgIpc) is 2.47.